The molecular formula is C35H32BrN3O2. The highest BCUT2D eigenvalue weighted by molar-refractivity contribution is 9.10. The molecule has 2 heterocycles. The van der Waals surface area contributed by atoms with Crippen molar-refractivity contribution >= 4 is 38.5 Å². The fourth-order valence-corrected chi connectivity index (χ4v) is 9.21. The lowest BCUT2D eigenvalue weighted by molar-refractivity contribution is -0.159. The Labute approximate surface area is 247 Å². The summed E-state index contributed by atoms with van der Waals surface area (Å²) in [5.74, 6) is 2.16. The highest BCUT2D eigenvalue weighted by Crippen LogP contribution is 2.61. The monoisotopic (exact) mass is 605 g/mol. The van der Waals surface area contributed by atoms with E-state index in [-0.39, 0.29) is 22.9 Å². The average molecular weight is 607 g/mol. The van der Waals surface area contributed by atoms with Gasteiger partial charge in [-0.25, -0.2) is 5.01 Å². The molecule has 1 atom stereocenters. The Bertz CT molecular complexity index is 1730. The van der Waals surface area contributed by atoms with Crippen LogP contribution in [0, 0.1) is 23.2 Å². The summed E-state index contributed by atoms with van der Waals surface area (Å²) in [5, 5.41) is 7.86. The van der Waals surface area contributed by atoms with Gasteiger partial charge in [0.15, 0.2) is 0 Å². The molecule has 0 radical (unpaired) electrons. The van der Waals surface area contributed by atoms with Gasteiger partial charge in [0.25, 0.3) is 5.56 Å². The van der Waals surface area contributed by atoms with Crippen LogP contribution in [0.4, 0.5) is 0 Å². The fourth-order valence-electron chi connectivity index (χ4n) is 8.84. The summed E-state index contributed by atoms with van der Waals surface area (Å²) >= 11 is 3.64. The first-order valence-corrected chi connectivity index (χ1v) is 15.6. The molecule has 5 aliphatic rings. The summed E-state index contributed by atoms with van der Waals surface area (Å²) in [6.45, 7) is 0. The van der Waals surface area contributed by atoms with Crippen LogP contribution >= 0.6 is 15.9 Å². The number of carbonyl (C=O) groups is 1. The van der Waals surface area contributed by atoms with E-state index in [0.717, 1.165) is 51.3 Å². The molecule has 41 heavy (non-hydrogen) atoms. The summed E-state index contributed by atoms with van der Waals surface area (Å²) in [7, 11) is 0. The first-order valence-electron chi connectivity index (χ1n) is 14.8. The number of hydrogen-bond acceptors (Lipinski definition) is 3. The first-order chi connectivity index (χ1) is 20.0. The van der Waals surface area contributed by atoms with Gasteiger partial charge in [-0.15, -0.1) is 0 Å². The highest BCUT2D eigenvalue weighted by Gasteiger charge is 2.57. The molecule has 4 aromatic rings. The minimum absolute atomic E-state index is 0.168. The molecule has 1 N–H and O–H groups in total. The van der Waals surface area contributed by atoms with Crippen LogP contribution in [-0.4, -0.2) is 21.6 Å². The van der Waals surface area contributed by atoms with Crippen LogP contribution in [0.5, 0.6) is 0 Å². The zero-order chi connectivity index (χ0) is 27.7. The van der Waals surface area contributed by atoms with Gasteiger partial charge in [-0.1, -0.05) is 76.6 Å². The van der Waals surface area contributed by atoms with E-state index in [9.17, 15) is 9.59 Å². The van der Waals surface area contributed by atoms with E-state index in [0.29, 0.717) is 35.4 Å². The zero-order valence-corrected chi connectivity index (χ0v) is 24.4. The number of H-pyrrole nitrogens is 1. The third kappa shape index (κ3) is 4.13. The van der Waals surface area contributed by atoms with Crippen molar-refractivity contribution < 1.29 is 4.79 Å². The number of fused-ring (bicyclic) bond motifs is 1. The average Bonchev–Trinajstić information content (AvgIpc) is 3.41. The molecule has 3 aromatic carbocycles. The summed E-state index contributed by atoms with van der Waals surface area (Å²) < 4.78 is 0.939. The molecule has 4 bridgehead atoms. The van der Waals surface area contributed by atoms with Gasteiger partial charge in [-0.05, 0) is 85.6 Å². The number of pyridine rings is 1. The van der Waals surface area contributed by atoms with E-state index < -0.39 is 0 Å². The topological polar surface area (TPSA) is 65.5 Å². The number of carbonyl (C=O) groups excluding carboxylic acids is 1. The van der Waals surface area contributed by atoms with E-state index in [1.165, 1.54) is 19.3 Å². The molecule has 4 fully saturated rings. The number of nitrogens with zero attached hydrogens (tertiary/aromatic N) is 2. The predicted molar refractivity (Wildman–Crippen MR) is 165 cm³/mol. The lowest BCUT2D eigenvalue weighted by Gasteiger charge is -2.56. The van der Waals surface area contributed by atoms with Crippen molar-refractivity contribution in [2.75, 3.05) is 0 Å². The third-order valence-corrected chi connectivity index (χ3v) is 10.6. The maximum atomic E-state index is 14.7. The lowest BCUT2D eigenvalue weighted by atomic mass is 9.49. The predicted octanol–water partition coefficient (Wildman–Crippen LogP) is 7.85. The minimum atomic E-state index is -0.316. The van der Waals surface area contributed by atoms with Crippen LogP contribution in [-0.2, 0) is 4.79 Å². The lowest BCUT2D eigenvalue weighted by Crippen LogP contribution is -2.53. The van der Waals surface area contributed by atoms with E-state index in [2.05, 4.69) is 39.1 Å². The number of amides is 1. The Hall–Kier alpha value is -3.51. The number of nitrogens with one attached hydrogen (secondary N) is 1. The van der Waals surface area contributed by atoms with Crippen molar-refractivity contribution in [1.29, 1.82) is 0 Å². The Kier molecular flexibility index (Phi) is 5.85. The van der Waals surface area contributed by atoms with Gasteiger partial charge in [-0.3, -0.25) is 9.59 Å². The number of aromatic amines is 1. The van der Waals surface area contributed by atoms with E-state index >= 15 is 0 Å². The fraction of sp³-hybridized carbons (Fsp3) is 0.343. The van der Waals surface area contributed by atoms with Crippen LogP contribution in [0.25, 0.3) is 22.0 Å². The quantitative estimate of drug-likeness (QED) is 0.257. The number of hydrogen-bond donors (Lipinski definition) is 1. The second-order valence-corrected chi connectivity index (χ2v) is 13.7. The molecule has 5 nitrogen and oxygen atoms in total. The van der Waals surface area contributed by atoms with Gasteiger partial charge in [0.05, 0.1) is 22.7 Å². The molecule has 1 amide bonds. The van der Waals surface area contributed by atoms with Crippen LogP contribution in [0.3, 0.4) is 0 Å². The number of benzene rings is 3. The van der Waals surface area contributed by atoms with Crippen molar-refractivity contribution in [1.82, 2.24) is 9.99 Å². The van der Waals surface area contributed by atoms with E-state index in [4.69, 9.17) is 5.10 Å². The maximum Gasteiger partial charge on any atom is 0.258 e. The Morgan fingerprint density at radius 1 is 0.854 bits per heavy atom. The van der Waals surface area contributed by atoms with Gasteiger partial charge in [0.1, 0.15) is 0 Å². The van der Waals surface area contributed by atoms with E-state index in [1.54, 1.807) is 5.01 Å². The van der Waals surface area contributed by atoms with Gasteiger partial charge in [0.2, 0.25) is 5.91 Å². The number of halogens is 1. The SMILES string of the molecule is O=C(N1N=C(c2c(-c3ccccc3)c3cc(Br)ccc3[nH]c2=O)C[C@H]1c1ccccc1)C12CC3CC(CC(C3)C1)C2. The molecule has 206 valence electrons. The molecule has 9 rings (SSSR count). The molecule has 4 saturated carbocycles. The summed E-state index contributed by atoms with van der Waals surface area (Å²) in [6.07, 6.45) is 7.31. The van der Waals surface area contributed by atoms with Crippen molar-refractivity contribution in [2.24, 2.45) is 28.3 Å². The normalized spacial score (nSPS) is 28.3. The van der Waals surface area contributed by atoms with Crippen molar-refractivity contribution in [2.45, 2.75) is 51.0 Å². The van der Waals surface area contributed by atoms with Crippen LogP contribution in [0.1, 0.15) is 62.1 Å². The molecule has 1 aliphatic heterocycles. The van der Waals surface area contributed by atoms with Gasteiger partial charge in [0, 0.05) is 27.4 Å². The summed E-state index contributed by atoms with van der Waals surface area (Å²) in [4.78, 5) is 31.7. The molecule has 4 aliphatic carbocycles. The largest absolute Gasteiger partial charge is 0.321 e. The van der Waals surface area contributed by atoms with Gasteiger partial charge < -0.3 is 4.98 Å². The first kappa shape index (κ1) is 25.2. The van der Waals surface area contributed by atoms with E-state index in [1.807, 2.05) is 60.7 Å². The number of aromatic nitrogens is 1. The van der Waals surface area contributed by atoms with Gasteiger partial charge in [-0.2, -0.15) is 5.10 Å². The van der Waals surface area contributed by atoms with Crippen molar-refractivity contribution in [3.05, 3.63) is 105 Å². The standard InChI is InChI=1S/C35H32BrN3O2/c36-26-11-12-28-27(16-26)31(25-9-5-2-6-10-25)32(33(40)37-28)29-17-30(24-7-3-1-4-8-24)39(38-29)34(41)35-18-21-13-22(19-35)15-23(14-21)20-35/h1-12,16,21-23,30H,13-15,17-20H2,(H,37,40)/t21?,22?,23?,30-,35?/m0/s1. The number of hydrazone groups is 1. The number of rotatable bonds is 4. The van der Waals surface area contributed by atoms with Crippen LogP contribution in [0.2, 0.25) is 0 Å². The molecule has 0 unspecified atom stereocenters. The minimum Gasteiger partial charge on any atom is -0.321 e. The smallest absolute Gasteiger partial charge is 0.258 e. The van der Waals surface area contributed by atoms with Crippen LogP contribution in [0.15, 0.2) is 93.2 Å². The Morgan fingerprint density at radius 2 is 1.49 bits per heavy atom. The van der Waals surface area contributed by atoms with Crippen LogP contribution < -0.4 is 5.56 Å². The highest BCUT2D eigenvalue weighted by atomic mass is 79.9. The summed E-state index contributed by atoms with van der Waals surface area (Å²) in [5.41, 5.74) is 4.41. The van der Waals surface area contributed by atoms with Gasteiger partial charge >= 0.3 is 0 Å². The molecule has 6 heteroatoms. The summed E-state index contributed by atoms with van der Waals surface area (Å²) in [6, 6.07) is 26.0. The molecule has 0 spiro atoms. The molecule has 0 saturated heterocycles. The third-order valence-electron chi connectivity index (χ3n) is 10.1. The van der Waals surface area contributed by atoms with Crippen molar-refractivity contribution in [3.63, 3.8) is 0 Å². The molecular weight excluding hydrogens is 574 g/mol. The molecule has 1 aromatic heterocycles. The Balaban J connectivity index is 1.30. The Morgan fingerprint density at radius 3 is 2.15 bits per heavy atom. The second-order valence-electron chi connectivity index (χ2n) is 12.8. The zero-order valence-electron chi connectivity index (χ0n) is 22.9. The van der Waals surface area contributed by atoms with Crippen molar-refractivity contribution in [3.8, 4) is 11.1 Å². The maximum absolute atomic E-state index is 14.7. The second kappa shape index (κ2) is 9.52.